The maximum atomic E-state index is 12.5. The first kappa shape index (κ1) is 23.4. The minimum Gasteiger partial charge on any atom is -0.382 e. The lowest BCUT2D eigenvalue weighted by atomic mass is 10.2. The highest BCUT2D eigenvalue weighted by Gasteiger charge is 2.22. The molecule has 0 fully saturated rings. The molecule has 0 atom stereocenters. The molecule has 0 unspecified atom stereocenters. The molecule has 7 nitrogen and oxygen atoms in total. The van der Waals surface area contributed by atoms with Crippen molar-refractivity contribution < 1.29 is 13.2 Å². The number of sulfonamides is 1. The zero-order valence-corrected chi connectivity index (χ0v) is 18.0. The summed E-state index contributed by atoms with van der Waals surface area (Å²) < 4.78 is 31.7. The van der Waals surface area contributed by atoms with Gasteiger partial charge in [-0.05, 0) is 51.3 Å². The van der Waals surface area contributed by atoms with Crippen molar-refractivity contribution in [2.24, 2.45) is 4.99 Å². The second kappa shape index (κ2) is 11.9. The molecule has 8 heteroatoms. The molecule has 1 aromatic rings. The van der Waals surface area contributed by atoms with Crippen molar-refractivity contribution in [3.05, 3.63) is 29.8 Å². The van der Waals surface area contributed by atoms with Crippen LogP contribution in [0.25, 0.3) is 0 Å². The predicted octanol–water partition coefficient (Wildman–Crippen LogP) is 2.20. The van der Waals surface area contributed by atoms with Gasteiger partial charge in [-0.25, -0.2) is 8.42 Å². The van der Waals surface area contributed by atoms with Crippen LogP contribution in [-0.2, 0) is 21.3 Å². The molecule has 1 rings (SSSR count). The van der Waals surface area contributed by atoms with Crippen LogP contribution in [0.1, 0.15) is 39.2 Å². The first-order valence-electron chi connectivity index (χ1n) is 9.42. The molecule has 1 aromatic carbocycles. The van der Waals surface area contributed by atoms with Crippen LogP contribution in [0.15, 0.2) is 34.2 Å². The van der Waals surface area contributed by atoms with Crippen LogP contribution in [-0.4, -0.2) is 58.6 Å². The molecule has 0 radical (unpaired) electrons. The molecule has 0 spiro atoms. The summed E-state index contributed by atoms with van der Waals surface area (Å²) in [4.78, 5) is 4.50. The first-order valence-corrected chi connectivity index (χ1v) is 10.9. The highest BCUT2D eigenvalue weighted by atomic mass is 32.2. The Bertz CT molecular complexity index is 673. The van der Waals surface area contributed by atoms with Gasteiger partial charge in [0.2, 0.25) is 10.0 Å². The van der Waals surface area contributed by atoms with E-state index in [0.717, 1.165) is 44.1 Å². The van der Waals surface area contributed by atoms with E-state index in [1.165, 1.54) is 4.31 Å². The highest BCUT2D eigenvalue weighted by Crippen LogP contribution is 2.17. The molecule has 0 aromatic heterocycles. The number of rotatable bonds is 11. The Morgan fingerprint density at radius 2 is 1.85 bits per heavy atom. The Labute approximate surface area is 164 Å². The van der Waals surface area contributed by atoms with Crippen molar-refractivity contribution in [1.82, 2.24) is 14.9 Å². The molecular formula is C19H34N4O3S. The second-order valence-electron chi connectivity index (χ2n) is 6.52. The minimum absolute atomic E-state index is 0.0840. The summed E-state index contributed by atoms with van der Waals surface area (Å²) in [7, 11) is -0.120. The van der Waals surface area contributed by atoms with Crippen molar-refractivity contribution in [3.8, 4) is 0 Å². The quantitative estimate of drug-likeness (QED) is 0.339. The SMILES string of the molecule is CCOCCCCNC(=NC)NCc1ccc(S(=O)(=O)N(C)C(C)C)cc1. The number of ether oxygens (including phenoxy) is 1. The summed E-state index contributed by atoms with van der Waals surface area (Å²) >= 11 is 0. The van der Waals surface area contributed by atoms with E-state index in [4.69, 9.17) is 4.74 Å². The maximum Gasteiger partial charge on any atom is 0.243 e. The lowest BCUT2D eigenvalue weighted by Gasteiger charge is -2.21. The summed E-state index contributed by atoms with van der Waals surface area (Å²) in [6.45, 7) is 8.63. The third kappa shape index (κ3) is 7.86. The van der Waals surface area contributed by atoms with Crippen molar-refractivity contribution in [3.63, 3.8) is 0 Å². The van der Waals surface area contributed by atoms with Gasteiger partial charge in [0.25, 0.3) is 0 Å². The van der Waals surface area contributed by atoms with Gasteiger partial charge in [-0.2, -0.15) is 4.31 Å². The number of hydrogen-bond donors (Lipinski definition) is 2. The molecule has 0 amide bonds. The van der Waals surface area contributed by atoms with E-state index in [0.29, 0.717) is 11.4 Å². The van der Waals surface area contributed by atoms with E-state index in [1.807, 2.05) is 32.9 Å². The summed E-state index contributed by atoms with van der Waals surface area (Å²) in [6.07, 6.45) is 2.02. The molecule has 27 heavy (non-hydrogen) atoms. The van der Waals surface area contributed by atoms with E-state index >= 15 is 0 Å². The van der Waals surface area contributed by atoms with Crippen LogP contribution in [0.5, 0.6) is 0 Å². The fraction of sp³-hybridized carbons (Fsp3) is 0.632. The van der Waals surface area contributed by atoms with E-state index < -0.39 is 10.0 Å². The normalized spacial score (nSPS) is 12.6. The number of hydrogen-bond acceptors (Lipinski definition) is 4. The Hall–Kier alpha value is -1.64. The van der Waals surface area contributed by atoms with Gasteiger partial charge in [-0.1, -0.05) is 12.1 Å². The average Bonchev–Trinajstić information content (AvgIpc) is 2.66. The minimum atomic E-state index is -3.45. The predicted molar refractivity (Wildman–Crippen MR) is 110 cm³/mol. The van der Waals surface area contributed by atoms with E-state index in [-0.39, 0.29) is 6.04 Å². The number of unbranched alkanes of at least 4 members (excludes halogenated alkanes) is 1. The summed E-state index contributed by atoms with van der Waals surface area (Å²) in [5.41, 5.74) is 0.987. The highest BCUT2D eigenvalue weighted by molar-refractivity contribution is 7.89. The summed E-state index contributed by atoms with van der Waals surface area (Å²) in [6, 6.07) is 6.86. The lowest BCUT2D eigenvalue weighted by Crippen LogP contribution is -2.37. The van der Waals surface area contributed by atoms with Gasteiger partial charge in [0.05, 0.1) is 4.90 Å². The van der Waals surface area contributed by atoms with Crippen LogP contribution in [0.2, 0.25) is 0 Å². The van der Waals surface area contributed by atoms with E-state index in [9.17, 15) is 8.42 Å². The number of aliphatic imine (C=N–C) groups is 1. The molecule has 2 N–H and O–H groups in total. The fourth-order valence-corrected chi connectivity index (χ4v) is 3.68. The van der Waals surface area contributed by atoms with Gasteiger partial charge in [0.1, 0.15) is 0 Å². The van der Waals surface area contributed by atoms with Crippen molar-refractivity contribution in [1.29, 1.82) is 0 Å². The van der Waals surface area contributed by atoms with Crippen LogP contribution >= 0.6 is 0 Å². The topological polar surface area (TPSA) is 83.0 Å². The van der Waals surface area contributed by atoms with Crippen LogP contribution in [0.3, 0.4) is 0 Å². The fourth-order valence-electron chi connectivity index (χ4n) is 2.31. The van der Waals surface area contributed by atoms with E-state index in [2.05, 4.69) is 15.6 Å². The van der Waals surface area contributed by atoms with Crippen molar-refractivity contribution in [2.75, 3.05) is 33.9 Å². The van der Waals surface area contributed by atoms with E-state index in [1.54, 1.807) is 26.2 Å². The van der Waals surface area contributed by atoms with Gasteiger partial charge >= 0.3 is 0 Å². The molecule has 0 aliphatic heterocycles. The van der Waals surface area contributed by atoms with Gasteiger partial charge in [-0.15, -0.1) is 0 Å². The Morgan fingerprint density at radius 3 is 2.41 bits per heavy atom. The van der Waals surface area contributed by atoms with Gasteiger partial charge in [-0.3, -0.25) is 4.99 Å². The largest absolute Gasteiger partial charge is 0.382 e. The van der Waals surface area contributed by atoms with Crippen LogP contribution in [0.4, 0.5) is 0 Å². The number of benzene rings is 1. The summed E-state index contributed by atoms with van der Waals surface area (Å²) in [5, 5.41) is 6.50. The zero-order chi connectivity index (χ0) is 20.3. The lowest BCUT2D eigenvalue weighted by molar-refractivity contribution is 0.143. The molecule has 0 saturated carbocycles. The second-order valence-corrected chi connectivity index (χ2v) is 8.51. The third-order valence-electron chi connectivity index (χ3n) is 4.22. The first-order chi connectivity index (χ1) is 12.8. The summed E-state index contributed by atoms with van der Waals surface area (Å²) in [5.74, 6) is 0.725. The number of guanidine groups is 1. The monoisotopic (exact) mass is 398 g/mol. The average molecular weight is 399 g/mol. The molecular weight excluding hydrogens is 364 g/mol. The molecule has 0 aliphatic rings. The van der Waals surface area contributed by atoms with Gasteiger partial charge < -0.3 is 15.4 Å². The molecule has 0 aliphatic carbocycles. The van der Waals surface area contributed by atoms with Gasteiger partial charge in [0.15, 0.2) is 5.96 Å². The molecule has 0 saturated heterocycles. The molecule has 154 valence electrons. The van der Waals surface area contributed by atoms with Crippen molar-refractivity contribution >= 4 is 16.0 Å². The molecule has 0 bridgehead atoms. The Morgan fingerprint density at radius 1 is 1.19 bits per heavy atom. The third-order valence-corrected chi connectivity index (χ3v) is 6.27. The zero-order valence-electron chi connectivity index (χ0n) is 17.2. The Balaban J connectivity index is 2.51. The van der Waals surface area contributed by atoms with Crippen LogP contribution < -0.4 is 10.6 Å². The van der Waals surface area contributed by atoms with Crippen molar-refractivity contribution in [2.45, 2.75) is 51.1 Å². The Kier molecular flexibility index (Phi) is 10.4. The molecule has 0 heterocycles. The maximum absolute atomic E-state index is 12.5. The standard InChI is InChI=1S/C19H34N4O3S/c1-6-26-14-8-7-13-21-19(20-4)22-15-17-9-11-18(12-10-17)27(24,25)23(5)16(2)3/h9-12,16H,6-8,13-15H2,1-5H3,(H2,20,21,22). The smallest absolute Gasteiger partial charge is 0.243 e. The number of nitrogens with one attached hydrogen (secondary N) is 2. The van der Waals surface area contributed by atoms with Crippen LogP contribution in [0, 0.1) is 0 Å². The van der Waals surface area contributed by atoms with Gasteiger partial charge in [0, 0.05) is 46.4 Å². The number of nitrogens with zero attached hydrogens (tertiary/aromatic N) is 2.